The van der Waals surface area contributed by atoms with Crippen LogP contribution in [0.15, 0.2) is 77.7 Å². The van der Waals surface area contributed by atoms with Crippen LogP contribution in [-0.2, 0) is 27.9 Å². The van der Waals surface area contributed by atoms with Gasteiger partial charge in [0.1, 0.15) is 0 Å². The number of sulfonamides is 1. The van der Waals surface area contributed by atoms with Crippen LogP contribution < -0.4 is 0 Å². The lowest BCUT2D eigenvalue weighted by Crippen LogP contribution is -2.41. The molecule has 0 unspecified atom stereocenters. The second-order valence-electron chi connectivity index (χ2n) is 7.20. The summed E-state index contributed by atoms with van der Waals surface area (Å²) in [5.74, 6) is -0.350. The summed E-state index contributed by atoms with van der Waals surface area (Å²) in [6.45, 7) is -0.0880. The molecule has 9 heteroatoms. The van der Waals surface area contributed by atoms with E-state index in [1.54, 1.807) is 19.2 Å². The summed E-state index contributed by atoms with van der Waals surface area (Å²) in [5, 5.41) is 1.17. The average molecular weight is 512 g/mol. The molecule has 0 saturated carbocycles. The molecule has 32 heavy (non-hydrogen) atoms. The molecule has 3 aromatic carbocycles. The van der Waals surface area contributed by atoms with Crippen LogP contribution in [0.25, 0.3) is 0 Å². The van der Waals surface area contributed by atoms with E-state index in [9.17, 15) is 13.2 Å². The van der Waals surface area contributed by atoms with Gasteiger partial charge in [-0.2, -0.15) is 4.31 Å². The quantitative estimate of drug-likeness (QED) is 0.401. The fourth-order valence-corrected chi connectivity index (χ4v) is 5.00. The Hall–Kier alpha value is -2.09. The predicted molar refractivity (Wildman–Crippen MR) is 128 cm³/mol. The van der Waals surface area contributed by atoms with Gasteiger partial charge >= 0.3 is 0 Å². The van der Waals surface area contributed by atoms with Gasteiger partial charge in [0.15, 0.2) is 0 Å². The highest BCUT2D eigenvalue weighted by Gasteiger charge is 2.28. The number of rotatable bonds is 8. The Kier molecular flexibility index (Phi) is 8.20. The topological polar surface area (TPSA) is 57.7 Å². The Balaban J connectivity index is 1.88. The van der Waals surface area contributed by atoms with E-state index in [2.05, 4.69) is 0 Å². The molecule has 0 radical (unpaired) electrons. The maximum absolute atomic E-state index is 13.4. The van der Waals surface area contributed by atoms with Crippen molar-refractivity contribution in [3.63, 3.8) is 0 Å². The van der Waals surface area contributed by atoms with Crippen LogP contribution >= 0.6 is 34.8 Å². The summed E-state index contributed by atoms with van der Waals surface area (Å²) in [5.41, 5.74) is 1.48. The standard InChI is InChI=1S/C23H21Cl3N2O3S/c1-27(14-17-5-3-2-4-6-17)23(29)16-28(15-18-7-8-20(25)13-22(18)26)32(30,31)21-11-9-19(24)10-12-21/h2-13H,14-16H2,1H3. The van der Waals surface area contributed by atoms with Crippen molar-refractivity contribution in [2.45, 2.75) is 18.0 Å². The lowest BCUT2D eigenvalue weighted by molar-refractivity contribution is -0.130. The van der Waals surface area contributed by atoms with Gasteiger partial charge in [-0.05, 0) is 47.5 Å². The minimum absolute atomic E-state index is 0.0329. The summed E-state index contributed by atoms with van der Waals surface area (Å²) in [6.07, 6.45) is 0. The highest BCUT2D eigenvalue weighted by atomic mass is 35.5. The maximum Gasteiger partial charge on any atom is 0.243 e. The number of hydrogen-bond acceptors (Lipinski definition) is 3. The molecular formula is C23H21Cl3N2O3S. The van der Waals surface area contributed by atoms with E-state index in [4.69, 9.17) is 34.8 Å². The lowest BCUT2D eigenvalue weighted by Gasteiger charge is -2.25. The van der Waals surface area contributed by atoms with Crippen LogP contribution in [0.4, 0.5) is 0 Å². The Labute approximate surface area is 203 Å². The van der Waals surface area contributed by atoms with E-state index in [-0.39, 0.29) is 23.9 Å². The van der Waals surface area contributed by atoms with E-state index < -0.39 is 10.0 Å². The van der Waals surface area contributed by atoms with E-state index in [0.29, 0.717) is 27.2 Å². The second-order valence-corrected chi connectivity index (χ2v) is 10.4. The third-order valence-corrected chi connectivity index (χ3v) is 7.46. The molecule has 0 fully saturated rings. The Morgan fingerprint density at radius 3 is 2.09 bits per heavy atom. The number of nitrogens with zero attached hydrogens (tertiary/aromatic N) is 2. The van der Waals surface area contributed by atoms with E-state index >= 15 is 0 Å². The summed E-state index contributed by atoms with van der Waals surface area (Å²) in [6, 6.07) is 20.1. The summed E-state index contributed by atoms with van der Waals surface area (Å²) < 4.78 is 27.9. The first-order chi connectivity index (χ1) is 15.2. The van der Waals surface area contributed by atoms with Gasteiger partial charge in [0, 0.05) is 35.2 Å². The second kappa shape index (κ2) is 10.7. The number of halogens is 3. The third kappa shape index (κ3) is 6.24. The fraction of sp³-hybridized carbons (Fsp3) is 0.174. The van der Waals surface area contributed by atoms with Crippen molar-refractivity contribution in [1.29, 1.82) is 0 Å². The van der Waals surface area contributed by atoms with Gasteiger partial charge in [0.2, 0.25) is 15.9 Å². The molecule has 0 aliphatic carbocycles. The molecule has 0 aromatic heterocycles. The number of benzene rings is 3. The third-order valence-electron chi connectivity index (χ3n) is 4.81. The van der Waals surface area contributed by atoms with Gasteiger partial charge in [-0.1, -0.05) is 71.2 Å². The van der Waals surface area contributed by atoms with E-state index in [1.807, 2.05) is 30.3 Å². The molecular weight excluding hydrogens is 491 g/mol. The van der Waals surface area contributed by atoms with Crippen LogP contribution in [0.2, 0.25) is 15.1 Å². The predicted octanol–water partition coefficient (Wildman–Crippen LogP) is 5.50. The van der Waals surface area contributed by atoms with Gasteiger partial charge in [-0.25, -0.2) is 8.42 Å². The van der Waals surface area contributed by atoms with E-state index in [1.165, 1.54) is 35.2 Å². The first kappa shape index (κ1) is 24.6. The van der Waals surface area contributed by atoms with Crippen LogP contribution in [0.1, 0.15) is 11.1 Å². The summed E-state index contributed by atoms with van der Waals surface area (Å²) in [7, 11) is -2.37. The number of carbonyl (C=O) groups excluding carboxylic acids is 1. The number of hydrogen-bond donors (Lipinski definition) is 0. The molecule has 0 aliphatic rings. The highest BCUT2D eigenvalue weighted by Crippen LogP contribution is 2.26. The van der Waals surface area contributed by atoms with E-state index in [0.717, 1.165) is 9.87 Å². The average Bonchev–Trinajstić information content (AvgIpc) is 2.75. The molecule has 0 N–H and O–H groups in total. The first-order valence-electron chi connectivity index (χ1n) is 9.64. The highest BCUT2D eigenvalue weighted by molar-refractivity contribution is 7.89. The minimum Gasteiger partial charge on any atom is -0.340 e. The fourth-order valence-electron chi connectivity index (χ4n) is 3.04. The summed E-state index contributed by atoms with van der Waals surface area (Å²) >= 11 is 18.2. The zero-order valence-electron chi connectivity index (χ0n) is 17.2. The molecule has 1 amide bonds. The van der Waals surface area contributed by atoms with Crippen molar-refractivity contribution < 1.29 is 13.2 Å². The lowest BCUT2D eigenvalue weighted by atomic mass is 10.2. The Morgan fingerprint density at radius 2 is 1.47 bits per heavy atom. The van der Waals surface area contributed by atoms with Crippen molar-refractivity contribution in [2.24, 2.45) is 0 Å². The zero-order valence-corrected chi connectivity index (χ0v) is 20.3. The first-order valence-corrected chi connectivity index (χ1v) is 12.2. The van der Waals surface area contributed by atoms with Crippen LogP contribution in [0, 0.1) is 0 Å². The maximum atomic E-state index is 13.4. The Morgan fingerprint density at radius 1 is 0.844 bits per heavy atom. The molecule has 0 atom stereocenters. The van der Waals surface area contributed by atoms with Crippen molar-refractivity contribution in [2.75, 3.05) is 13.6 Å². The van der Waals surface area contributed by atoms with Crippen molar-refractivity contribution >= 4 is 50.7 Å². The van der Waals surface area contributed by atoms with Gasteiger partial charge < -0.3 is 4.90 Å². The van der Waals surface area contributed by atoms with Gasteiger partial charge in [0.05, 0.1) is 11.4 Å². The van der Waals surface area contributed by atoms with Gasteiger partial charge in [-0.3, -0.25) is 4.79 Å². The molecule has 0 saturated heterocycles. The minimum atomic E-state index is -4.01. The van der Waals surface area contributed by atoms with Crippen molar-refractivity contribution in [3.05, 3.63) is 99.0 Å². The van der Waals surface area contributed by atoms with Gasteiger partial charge in [0.25, 0.3) is 0 Å². The summed E-state index contributed by atoms with van der Waals surface area (Å²) in [4.78, 5) is 14.5. The smallest absolute Gasteiger partial charge is 0.243 e. The molecule has 5 nitrogen and oxygen atoms in total. The van der Waals surface area contributed by atoms with Crippen LogP contribution in [0.5, 0.6) is 0 Å². The molecule has 0 aliphatic heterocycles. The normalized spacial score (nSPS) is 11.5. The molecule has 168 valence electrons. The number of carbonyl (C=O) groups is 1. The van der Waals surface area contributed by atoms with Crippen molar-refractivity contribution in [3.8, 4) is 0 Å². The van der Waals surface area contributed by atoms with Gasteiger partial charge in [-0.15, -0.1) is 0 Å². The molecule has 0 heterocycles. The van der Waals surface area contributed by atoms with Crippen molar-refractivity contribution in [1.82, 2.24) is 9.21 Å². The SMILES string of the molecule is CN(Cc1ccccc1)C(=O)CN(Cc1ccc(Cl)cc1Cl)S(=O)(=O)c1ccc(Cl)cc1. The molecule has 0 spiro atoms. The monoisotopic (exact) mass is 510 g/mol. The molecule has 3 aromatic rings. The molecule has 3 rings (SSSR count). The molecule has 0 bridgehead atoms. The van der Waals surface area contributed by atoms with Crippen LogP contribution in [0.3, 0.4) is 0 Å². The number of likely N-dealkylation sites (N-methyl/N-ethyl adjacent to an activating group) is 1. The Bertz CT molecular complexity index is 1190. The van der Waals surface area contributed by atoms with Crippen LogP contribution in [-0.4, -0.2) is 37.1 Å². The largest absolute Gasteiger partial charge is 0.340 e. The number of amides is 1. The zero-order chi connectivity index (χ0) is 23.3.